The third-order valence-electron chi connectivity index (χ3n) is 3.70. The van der Waals surface area contributed by atoms with Gasteiger partial charge in [0.1, 0.15) is 12.1 Å². The molecule has 0 saturated carbocycles. The molecule has 3 nitrogen and oxygen atoms in total. The molecule has 0 saturated heterocycles. The molecule has 0 aliphatic heterocycles. The molecule has 1 unspecified atom stereocenters. The topological polar surface area (TPSA) is 51.2 Å². The van der Waals surface area contributed by atoms with Crippen LogP contribution in [-0.4, -0.2) is 17.9 Å². The van der Waals surface area contributed by atoms with Crippen molar-refractivity contribution in [1.29, 1.82) is 0 Å². The maximum absolute atomic E-state index is 12.4. The van der Waals surface area contributed by atoms with Gasteiger partial charge in [-0.1, -0.05) is 24.3 Å². The molecule has 0 radical (unpaired) electrons. The second-order valence-electron chi connectivity index (χ2n) is 4.96. The zero-order chi connectivity index (χ0) is 13.2. The van der Waals surface area contributed by atoms with Crippen molar-refractivity contribution in [2.45, 2.75) is 32.6 Å². The fourth-order valence-corrected chi connectivity index (χ4v) is 2.51. The molecule has 1 aliphatic carbocycles. The van der Waals surface area contributed by atoms with Gasteiger partial charge in [-0.25, -0.2) is 0 Å². The molecular formula is C15H16O3. The third-order valence-corrected chi connectivity index (χ3v) is 3.70. The Morgan fingerprint density at radius 1 is 1.39 bits per heavy atom. The normalized spacial score (nSPS) is 22.4. The van der Waals surface area contributed by atoms with Crippen molar-refractivity contribution in [2.24, 2.45) is 5.41 Å². The molecule has 0 N–H and O–H groups in total. The van der Waals surface area contributed by atoms with Crippen LogP contribution in [0.3, 0.4) is 0 Å². The van der Waals surface area contributed by atoms with Crippen molar-refractivity contribution < 1.29 is 14.4 Å². The van der Waals surface area contributed by atoms with Crippen LogP contribution in [0.5, 0.6) is 0 Å². The zero-order valence-electron chi connectivity index (χ0n) is 10.4. The van der Waals surface area contributed by atoms with Gasteiger partial charge in [0.25, 0.3) is 0 Å². The SMILES string of the molecule is CC(=O)CCC1(C=O)CCc2ccccc2C1=O. The second kappa shape index (κ2) is 4.84. The van der Waals surface area contributed by atoms with Crippen LogP contribution in [0, 0.1) is 5.41 Å². The van der Waals surface area contributed by atoms with Crippen LogP contribution in [0.2, 0.25) is 0 Å². The Morgan fingerprint density at radius 3 is 2.78 bits per heavy atom. The maximum atomic E-state index is 12.4. The van der Waals surface area contributed by atoms with Gasteiger partial charge in [0.2, 0.25) is 0 Å². The van der Waals surface area contributed by atoms with Crippen LogP contribution in [-0.2, 0) is 16.0 Å². The lowest BCUT2D eigenvalue weighted by Gasteiger charge is -2.31. The summed E-state index contributed by atoms with van der Waals surface area (Å²) in [6, 6.07) is 7.40. The highest BCUT2D eigenvalue weighted by Gasteiger charge is 2.42. The lowest BCUT2D eigenvalue weighted by atomic mass is 9.69. The van der Waals surface area contributed by atoms with Gasteiger partial charge in [-0.3, -0.25) is 4.79 Å². The molecular weight excluding hydrogens is 228 g/mol. The fraction of sp³-hybridized carbons (Fsp3) is 0.400. The molecule has 94 valence electrons. The molecule has 3 heteroatoms. The summed E-state index contributed by atoms with van der Waals surface area (Å²) in [5.74, 6) is -0.108. The Hall–Kier alpha value is -1.77. The van der Waals surface area contributed by atoms with Crippen molar-refractivity contribution in [2.75, 3.05) is 0 Å². The second-order valence-corrected chi connectivity index (χ2v) is 4.96. The van der Waals surface area contributed by atoms with E-state index in [4.69, 9.17) is 0 Å². The summed E-state index contributed by atoms with van der Waals surface area (Å²) in [6.07, 6.45) is 2.60. The van der Waals surface area contributed by atoms with Crippen molar-refractivity contribution in [3.8, 4) is 0 Å². The van der Waals surface area contributed by atoms with Gasteiger partial charge in [-0.2, -0.15) is 0 Å². The quantitative estimate of drug-likeness (QED) is 0.603. The number of aldehydes is 1. The summed E-state index contributed by atoms with van der Waals surface area (Å²) in [4.78, 5) is 34.9. The minimum absolute atomic E-state index is 0.0166. The van der Waals surface area contributed by atoms with Gasteiger partial charge < -0.3 is 9.59 Å². The third kappa shape index (κ3) is 2.13. The molecule has 0 bridgehead atoms. The van der Waals surface area contributed by atoms with E-state index in [0.717, 1.165) is 18.3 Å². The molecule has 1 aliphatic rings. The summed E-state index contributed by atoms with van der Waals surface area (Å²) >= 11 is 0. The molecule has 0 spiro atoms. The Kier molecular flexibility index (Phi) is 3.41. The predicted molar refractivity (Wildman–Crippen MR) is 67.5 cm³/mol. The fourth-order valence-electron chi connectivity index (χ4n) is 2.51. The van der Waals surface area contributed by atoms with E-state index < -0.39 is 5.41 Å². The number of aryl methyl sites for hydroxylation is 1. The van der Waals surface area contributed by atoms with Crippen LogP contribution >= 0.6 is 0 Å². The van der Waals surface area contributed by atoms with E-state index in [1.807, 2.05) is 18.2 Å². The predicted octanol–water partition coefficient (Wildman–Crippen LogP) is 2.37. The number of carbonyl (C=O) groups is 3. The Morgan fingerprint density at radius 2 is 2.11 bits per heavy atom. The minimum atomic E-state index is -0.986. The first-order chi connectivity index (χ1) is 8.59. The summed E-state index contributed by atoms with van der Waals surface area (Å²) in [5.41, 5.74) is 0.655. The van der Waals surface area contributed by atoms with Crippen molar-refractivity contribution in [3.63, 3.8) is 0 Å². The Labute approximate surface area is 106 Å². The largest absolute Gasteiger partial charge is 0.302 e. The summed E-state index contributed by atoms with van der Waals surface area (Å²) in [6.45, 7) is 1.49. The lowest BCUT2D eigenvalue weighted by molar-refractivity contribution is -0.118. The number of fused-ring (bicyclic) bond motifs is 1. The van der Waals surface area contributed by atoms with E-state index in [-0.39, 0.29) is 18.0 Å². The lowest BCUT2D eigenvalue weighted by Crippen LogP contribution is -2.38. The van der Waals surface area contributed by atoms with E-state index in [9.17, 15) is 14.4 Å². The number of rotatable bonds is 4. The van der Waals surface area contributed by atoms with Gasteiger partial charge in [-0.15, -0.1) is 0 Å². The number of hydrogen-bond donors (Lipinski definition) is 0. The molecule has 0 fully saturated rings. The van der Waals surface area contributed by atoms with Crippen molar-refractivity contribution in [1.82, 2.24) is 0 Å². The van der Waals surface area contributed by atoms with Crippen molar-refractivity contribution >= 4 is 17.9 Å². The highest BCUT2D eigenvalue weighted by atomic mass is 16.1. The van der Waals surface area contributed by atoms with Gasteiger partial charge >= 0.3 is 0 Å². The molecule has 2 rings (SSSR count). The van der Waals surface area contributed by atoms with E-state index in [0.29, 0.717) is 18.4 Å². The van der Waals surface area contributed by atoms with E-state index in [2.05, 4.69) is 0 Å². The highest BCUT2D eigenvalue weighted by Crippen LogP contribution is 2.37. The maximum Gasteiger partial charge on any atom is 0.176 e. The molecule has 18 heavy (non-hydrogen) atoms. The van der Waals surface area contributed by atoms with Crippen LogP contribution in [0.1, 0.15) is 42.1 Å². The first-order valence-corrected chi connectivity index (χ1v) is 6.17. The van der Waals surface area contributed by atoms with E-state index in [1.54, 1.807) is 6.07 Å². The van der Waals surface area contributed by atoms with Crippen LogP contribution < -0.4 is 0 Å². The molecule has 0 aromatic heterocycles. The summed E-state index contributed by atoms with van der Waals surface area (Å²) in [5, 5.41) is 0. The van der Waals surface area contributed by atoms with Crippen LogP contribution in [0.15, 0.2) is 24.3 Å². The molecule has 1 atom stereocenters. The number of ketones is 2. The smallest absolute Gasteiger partial charge is 0.176 e. The zero-order valence-corrected chi connectivity index (χ0v) is 10.4. The molecule has 0 amide bonds. The Bertz CT molecular complexity index is 504. The Balaban J connectivity index is 2.32. The van der Waals surface area contributed by atoms with Crippen LogP contribution in [0.25, 0.3) is 0 Å². The highest BCUT2D eigenvalue weighted by molar-refractivity contribution is 6.10. The molecule has 1 aromatic carbocycles. The van der Waals surface area contributed by atoms with E-state index in [1.165, 1.54) is 6.92 Å². The first-order valence-electron chi connectivity index (χ1n) is 6.17. The standard InChI is InChI=1S/C15H16O3/c1-11(17)6-8-15(10-16)9-7-12-4-2-3-5-13(12)14(15)18/h2-5,10H,6-9H2,1H3. The number of carbonyl (C=O) groups excluding carboxylic acids is 3. The van der Waals surface area contributed by atoms with Gasteiger partial charge in [0.15, 0.2) is 5.78 Å². The van der Waals surface area contributed by atoms with E-state index >= 15 is 0 Å². The first kappa shape index (κ1) is 12.7. The van der Waals surface area contributed by atoms with Gasteiger partial charge in [0, 0.05) is 12.0 Å². The number of benzene rings is 1. The minimum Gasteiger partial charge on any atom is -0.302 e. The monoisotopic (exact) mass is 244 g/mol. The average molecular weight is 244 g/mol. The van der Waals surface area contributed by atoms with Crippen LogP contribution in [0.4, 0.5) is 0 Å². The number of Topliss-reactive ketones (excluding diaryl/α,β-unsaturated/α-hetero) is 2. The summed E-state index contributed by atoms with van der Waals surface area (Å²) < 4.78 is 0. The summed E-state index contributed by atoms with van der Waals surface area (Å²) in [7, 11) is 0. The average Bonchev–Trinajstić information content (AvgIpc) is 2.39. The number of hydrogen-bond acceptors (Lipinski definition) is 3. The molecule has 1 aromatic rings. The van der Waals surface area contributed by atoms with Crippen molar-refractivity contribution in [3.05, 3.63) is 35.4 Å². The van der Waals surface area contributed by atoms with Gasteiger partial charge in [-0.05, 0) is 31.7 Å². The molecule has 0 heterocycles. The van der Waals surface area contributed by atoms with Gasteiger partial charge in [0.05, 0.1) is 5.41 Å².